The predicted molar refractivity (Wildman–Crippen MR) is 107 cm³/mol. The van der Waals surface area contributed by atoms with Crippen molar-refractivity contribution >= 4 is 11.8 Å². The summed E-state index contributed by atoms with van der Waals surface area (Å²) in [6.45, 7) is 4.40. The van der Waals surface area contributed by atoms with Crippen molar-refractivity contribution in [2.24, 2.45) is 0 Å². The Hall–Kier alpha value is -3.20. The van der Waals surface area contributed by atoms with E-state index in [1.165, 1.54) is 23.9 Å². The van der Waals surface area contributed by atoms with Crippen LogP contribution in [-0.2, 0) is 5.75 Å². The van der Waals surface area contributed by atoms with E-state index in [1.807, 2.05) is 42.7 Å². The zero-order valence-corrected chi connectivity index (χ0v) is 16.7. The average molecular weight is 411 g/mol. The lowest BCUT2D eigenvalue weighted by Crippen LogP contribution is -1.99. The maximum absolute atomic E-state index is 13.2. The first-order valence-corrected chi connectivity index (χ1v) is 9.99. The van der Waals surface area contributed by atoms with E-state index in [9.17, 15) is 4.39 Å². The molecule has 0 aliphatic heterocycles. The lowest BCUT2D eigenvalue weighted by atomic mass is 10.2. The number of ether oxygens (including phenoxy) is 1. The quantitative estimate of drug-likeness (QED) is 0.416. The van der Waals surface area contributed by atoms with Crippen molar-refractivity contribution in [3.63, 3.8) is 0 Å². The van der Waals surface area contributed by atoms with Crippen LogP contribution in [0.4, 0.5) is 4.39 Å². The number of thioether (sulfide) groups is 1. The van der Waals surface area contributed by atoms with Crippen LogP contribution in [0.15, 0.2) is 58.2 Å². The Morgan fingerprint density at radius 2 is 1.83 bits per heavy atom. The molecule has 4 rings (SSSR count). The number of aryl methyl sites for hydroxylation is 1. The Bertz CT molecular complexity index is 1090. The van der Waals surface area contributed by atoms with Gasteiger partial charge in [-0.2, -0.15) is 4.98 Å². The molecule has 2 aromatic heterocycles. The second-order valence-corrected chi connectivity index (χ2v) is 7.04. The smallest absolute Gasteiger partial charge is 0.237 e. The fourth-order valence-electron chi connectivity index (χ4n) is 2.75. The SMILES string of the molecule is CCOc1ccc(-c2noc(CSc3nnc(C)n3-c3ccc(F)cc3)n2)cc1. The van der Waals surface area contributed by atoms with Gasteiger partial charge in [-0.3, -0.25) is 4.57 Å². The second-order valence-electron chi connectivity index (χ2n) is 6.10. The maximum atomic E-state index is 13.2. The van der Waals surface area contributed by atoms with Crippen molar-refractivity contribution in [2.75, 3.05) is 6.61 Å². The van der Waals surface area contributed by atoms with Crippen LogP contribution < -0.4 is 4.74 Å². The summed E-state index contributed by atoms with van der Waals surface area (Å²) < 4.78 is 25.9. The first kappa shape index (κ1) is 19.1. The highest BCUT2D eigenvalue weighted by Gasteiger charge is 2.15. The zero-order chi connectivity index (χ0) is 20.2. The van der Waals surface area contributed by atoms with Gasteiger partial charge in [-0.1, -0.05) is 16.9 Å². The van der Waals surface area contributed by atoms with E-state index in [4.69, 9.17) is 9.26 Å². The van der Waals surface area contributed by atoms with Gasteiger partial charge in [-0.05, 0) is 62.4 Å². The Balaban J connectivity index is 1.47. The van der Waals surface area contributed by atoms with E-state index >= 15 is 0 Å². The Morgan fingerprint density at radius 3 is 2.55 bits per heavy atom. The minimum Gasteiger partial charge on any atom is -0.494 e. The van der Waals surface area contributed by atoms with E-state index < -0.39 is 0 Å². The van der Waals surface area contributed by atoms with Gasteiger partial charge >= 0.3 is 0 Å². The van der Waals surface area contributed by atoms with Gasteiger partial charge in [0.1, 0.15) is 17.4 Å². The molecule has 4 aromatic rings. The van der Waals surface area contributed by atoms with Gasteiger partial charge in [0.25, 0.3) is 0 Å². The van der Waals surface area contributed by atoms with Crippen LogP contribution in [0.1, 0.15) is 18.6 Å². The molecule has 0 aliphatic carbocycles. The Labute approximate surface area is 170 Å². The summed E-state index contributed by atoms with van der Waals surface area (Å²) in [5.41, 5.74) is 1.63. The summed E-state index contributed by atoms with van der Waals surface area (Å²) in [5.74, 6) is 2.64. The standard InChI is InChI=1S/C20H18FN5O2S/c1-3-27-17-10-4-14(5-11-17)19-22-18(28-25-19)12-29-20-24-23-13(2)26(20)16-8-6-15(21)7-9-16/h4-11H,3,12H2,1-2H3. The van der Waals surface area contributed by atoms with E-state index in [0.29, 0.717) is 35.1 Å². The molecule has 0 N–H and O–H groups in total. The van der Waals surface area contributed by atoms with Gasteiger partial charge in [-0.15, -0.1) is 10.2 Å². The summed E-state index contributed by atoms with van der Waals surface area (Å²) in [4.78, 5) is 4.45. The zero-order valence-electron chi connectivity index (χ0n) is 15.9. The number of hydrogen-bond acceptors (Lipinski definition) is 7. The number of rotatable bonds is 7. The van der Waals surface area contributed by atoms with Crippen molar-refractivity contribution in [2.45, 2.75) is 24.8 Å². The van der Waals surface area contributed by atoms with Gasteiger partial charge in [0, 0.05) is 11.3 Å². The number of nitrogens with zero attached hydrogens (tertiary/aromatic N) is 5. The topological polar surface area (TPSA) is 78.9 Å². The summed E-state index contributed by atoms with van der Waals surface area (Å²) in [7, 11) is 0. The van der Waals surface area contributed by atoms with Crippen LogP contribution in [0.3, 0.4) is 0 Å². The Morgan fingerprint density at radius 1 is 1.07 bits per heavy atom. The van der Waals surface area contributed by atoms with Crippen molar-refractivity contribution in [1.29, 1.82) is 0 Å². The number of halogens is 1. The molecule has 0 amide bonds. The molecule has 2 heterocycles. The maximum Gasteiger partial charge on any atom is 0.237 e. The monoisotopic (exact) mass is 411 g/mol. The molecule has 0 saturated carbocycles. The van der Waals surface area contributed by atoms with Gasteiger partial charge in [-0.25, -0.2) is 4.39 Å². The molecule has 0 aliphatic rings. The molecule has 2 aromatic carbocycles. The summed E-state index contributed by atoms with van der Waals surface area (Å²) in [6, 6.07) is 13.7. The molecule has 9 heteroatoms. The molecular weight excluding hydrogens is 393 g/mol. The summed E-state index contributed by atoms with van der Waals surface area (Å²) in [6.07, 6.45) is 0. The number of hydrogen-bond donors (Lipinski definition) is 0. The van der Waals surface area contributed by atoms with Crippen LogP contribution in [0.25, 0.3) is 17.1 Å². The third-order valence-corrected chi connectivity index (χ3v) is 5.01. The molecule has 148 valence electrons. The molecule has 0 unspecified atom stereocenters. The Kier molecular flexibility index (Phi) is 5.57. The normalized spacial score (nSPS) is 11.0. The first-order valence-electron chi connectivity index (χ1n) is 9.00. The summed E-state index contributed by atoms with van der Waals surface area (Å²) >= 11 is 1.42. The summed E-state index contributed by atoms with van der Waals surface area (Å²) in [5, 5.41) is 13.0. The molecule has 0 atom stereocenters. The number of aromatic nitrogens is 5. The van der Waals surface area contributed by atoms with Gasteiger partial charge in [0.05, 0.1) is 12.4 Å². The first-order chi connectivity index (χ1) is 14.1. The molecule has 0 fully saturated rings. The van der Waals surface area contributed by atoms with Crippen LogP contribution in [0, 0.1) is 12.7 Å². The fourth-order valence-corrected chi connectivity index (χ4v) is 3.58. The van der Waals surface area contributed by atoms with Crippen LogP contribution >= 0.6 is 11.8 Å². The van der Waals surface area contributed by atoms with Crippen molar-refractivity contribution in [3.8, 4) is 22.8 Å². The third-order valence-electron chi connectivity index (χ3n) is 4.10. The van der Waals surface area contributed by atoms with E-state index in [1.54, 1.807) is 12.1 Å². The minimum absolute atomic E-state index is 0.290. The minimum atomic E-state index is -0.290. The van der Waals surface area contributed by atoms with Crippen molar-refractivity contribution in [3.05, 3.63) is 66.1 Å². The van der Waals surface area contributed by atoms with E-state index in [-0.39, 0.29) is 5.82 Å². The lowest BCUT2D eigenvalue weighted by Gasteiger charge is -2.07. The molecule has 0 radical (unpaired) electrons. The fraction of sp³-hybridized carbons (Fsp3) is 0.200. The molecule has 29 heavy (non-hydrogen) atoms. The molecule has 0 bridgehead atoms. The molecule has 0 spiro atoms. The van der Waals surface area contributed by atoms with E-state index in [2.05, 4.69) is 20.3 Å². The highest BCUT2D eigenvalue weighted by molar-refractivity contribution is 7.98. The lowest BCUT2D eigenvalue weighted by molar-refractivity contribution is 0.340. The van der Waals surface area contributed by atoms with Crippen molar-refractivity contribution < 1.29 is 13.7 Å². The van der Waals surface area contributed by atoms with E-state index in [0.717, 1.165) is 17.0 Å². The predicted octanol–water partition coefficient (Wildman–Crippen LogP) is 4.46. The third kappa shape index (κ3) is 4.29. The van der Waals surface area contributed by atoms with Gasteiger partial charge in [0.2, 0.25) is 11.7 Å². The van der Waals surface area contributed by atoms with Gasteiger partial charge in [0.15, 0.2) is 5.16 Å². The highest BCUT2D eigenvalue weighted by atomic mass is 32.2. The van der Waals surface area contributed by atoms with Crippen LogP contribution in [0.5, 0.6) is 5.75 Å². The van der Waals surface area contributed by atoms with Crippen LogP contribution in [-0.4, -0.2) is 31.5 Å². The molecule has 0 saturated heterocycles. The van der Waals surface area contributed by atoms with Gasteiger partial charge < -0.3 is 9.26 Å². The van der Waals surface area contributed by atoms with Crippen LogP contribution in [0.2, 0.25) is 0 Å². The molecular formula is C20H18FN5O2S. The second kappa shape index (κ2) is 8.44. The average Bonchev–Trinajstić information content (AvgIpc) is 3.35. The largest absolute Gasteiger partial charge is 0.494 e. The number of benzene rings is 2. The highest BCUT2D eigenvalue weighted by Crippen LogP contribution is 2.26. The van der Waals surface area contributed by atoms with Crippen molar-refractivity contribution in [1.82, 2.24) is 24.9 Å². The molecule has 7 nitrogen and oxygen atoms in total.